The third kappa shape index (κ3) is 5.68. The van der Waals surface area contributed by atoms with Crippen LogP contribution in [0.5, 0.6) is 0 Å². The normalized spacial score (nSPS) is 11.9. The molecule has 174 valence electrons. The summed E-state index contributed by atoms with van der Waals surface area (Å²) in [6.45, 7) is 0.783. The number of hydrogen-bond acceptors (Lipinski definition) is 7. The van der Waals surface area contributed by atoms with Crippen molar-refractivity contribution in [2.24, 2.45) is 0 Å². The van der Waals surface area contributed by atoms with Crippen molar-refractivity contribution in [2.75, 3.05) is 33.1 Å². The summed E-state index contributed by atoms with van der Waals surface area (Å²) in [7, 11) is -3.78. The van der Waals surface area contributed by atoms with Crippen LogP contribution in [0.1, 0.15) is 15.9 Å². The number of sulfonamides is 2. The molecule has 0 heterocycles. The molecule has 1 amide bonds. The number of rotatable bonds is 8. The Balaban J connectivity index is 2.13. The molecule has 0 aliphatic rings. The highest BCUT2D eigenvalue weighted by Gasteiger charge is 2.22. The van der Waals surface area contributed by atoms with Crippen LogP contribution in [0.4, 0.5) is 10.1 Å². The molecule has 0 atom stereocenters. The Labute approximate surface area is 185 Å². The SMILES string of the molecule is CNS(=O)(=O)c1ccc(F)c(C(=O)OCC(=O)Nc2ccc(C)c(S(=O)(=O)N(C)C)c2)c1. The number of nitrogens with zero attached hydrogens (tertiary/aromatic N) is 1. The van der Waals surface area contributed by atoms with Gasteiger partial charge in [-0.15, -0.1) is 0 Å². The number of esters is 1. The number of carbonyl (C=O) groups excluding carboxylic acids is 2. The van der Waals surface area contributed by atoms with Crippen molar-refractivity contribution in [2.45, 2.75) is 16.7 Å². The van der Waals surface area contributed by atoms with Gasteiger partial charge in [0, 0.05) is 19.8 Å². The van der Waals surface area contributed by atoms with E-state index in [1.54, 1.807) is 6.92 Å². The number of hydrogen-bond donors (Lipinski definition) is 2. The predicted octanol–water partition coefficient (Wildman–Crippen LogP) is 1.09. The monoisotopic (exact) mass is 487 g/mol. The van der Waals surface area contributed by atoms with Gasteiger partial charge in [-0.05, 0) is 49.9 Å². The number of carbonyl (C=O) groups is 2. The minimum atomic E-state index is -3.93. The lowest BCUT2D eigenvalue weighted by atomic mass is 10.2. The number of ether oxygens (including phenoxy) is 1. The van der Waals surface area contributed by atoms with Crippen molar-refractivity contribution in [3.8, 4) is 0 Å². The number of aryl methyl sites for hydroxylation is 1. The summed E-state index contributed by atoms with van der Waals surface area (Å²) in [6.07, 6.45) is 0. The van der Waals surface area contributed by atoms with E-state index in [4.69, 9.17) is 4.74 Å². The number of benzene rings is 2. The molecule has 10 nitrogen and oxygen atoms in total. The van der Waals surface area contributed by atoms with Crippen molar-refractivity contribution in [1.82, 2.24) is 9.03 Å². The first kappa shape index (κ1) is 25.4. The van der Waals surface area contributed by atoms with E-state index in [9.17, 15) is 30.8 Å². The third-order valence-corrected chi connectivity index (χ3v) is 7.67. The smallest absolute Gasteiger partial charge is 0.341 e. The summed E-state index contributed by atoms with van der Waals surface area (Å²) in [5, 5.41) is 2.39. The molecule has 0 saturated heterocycles. The zero-order valence-corrected chi connectivity index (χ0v) is 19.3. The average Bonchev–Trinajstić information content (AvgIpc) is 2.73. The fraction of sp³-hybridized carbons (Fsp3) is 0.263. The first-order chi connectivity index (χ1) is 14.8. The first-order valence-electron chi connectivity index (χ1n) is 9.03. The molecule has 0 saturated carbocycles. The Morgan fingerprint density at radius 1 is 1.06 bits per heavy atom. The van der Waals surface area contributed by atoms with E-state index < -0.39 is 49.9 Å². The predicted molar refractivity (Wildman–Crippen MR) is 114 cm³/mol. The van der Waals surface area contributed by atoms with Crippen molar-refractivity contribution in [3.63, 3.8) is 0 Å². The van der Waals surface area contributed by atoms with E-state index in [0.717, 1.165) is 29.6 Å². The summed E-state index contributed by atoms with van der Waals surface area (Å²) < 4.78 is 70.2. The Kier molecular flexibility index (Phi) is 7.72. The molecular weight excluding hydrogens is 465 g/mol. The van der Waals surface area contributed by atoms with Crippen LogP contribution in [0, 0.1) is 12.7 Å². The van der Waals surface area contributed by atoms with Gasteiger partial charge in [0.05, 0.1) is 15.4 Å². The second-order valence-corrected chi connectivity index (χ2v) is 10.7. The van der Waals surface area contributed by atoms with Gasteiger partial charge in [-0.25, -0.2) is 35.0 Å². The molecule has 13 heteroatoms. The van der Waals surface area contributed by atoms with E-state index in [1.807, 2.05) is 4.72 Å². The lowest BCUT2D eigenvalue weighted by Gasteiger charge is -2.15. The maximum atomic E-state index is 14.0. The van der Waals surface area contributed by atoms with Crippen molar-refractivity contribution < 1.29 is 35.6 Å². The summed E-state index contributed by atoms with van der Waals surface area (Å²) in [5.41, 5.74) is -0.0517. The van der Waals surface area contributed by atoms with Crippen molar-refractivity contribution >= 4 is 37.6 Å². The zero-order chi connectivity index (χ0) is 24.3. The van der Waals surface area contributed by atoms with Gasteiger partial charge in [-0.2, -0.15) is 0 Å². The van der Waals surface area contributed by atoms with Gasteiger partial charge in [0.15, 0.2) is 6.61 Å². The molecule has 0 aromatic heterocycles. The van der Waals surface area contributed by atoms with Gasteiger partial charge < -0.3 is 10.1 Å². The Morgan fingerprint density at radius 2 is 1.72 bits per heavy atom. The number of anilines is 1. The highest BCUT2D eigenvalue weighted by molar-refractivity contribution is 7.89. The molecule has 2 N–H and O–H groups in total. The number of nitrogens with one attached hydrogen (secondary N) is 2. The Hall–Kier alpha value is -2.87. The molecule has 0 unspecified atom stereocenters. The maximum absolute atomic E-state index is 14.0. The Bertz CT molecular complexity index is 1260. The minimum Gasteiger partial charge on any atom is -0.452 e. The Morgan fingerprint density at radius 3 is 2.31 bits per heavy atom. The standard InChI is InChI=1S/C19H22FN3O7S2/c1-12-5-6-13(9-17(12)32(28,29)23(3)4)22-18(24)11-30-19(25)15-10-14(7-8-16(15)20)31(26,27)21-2/h5-10,21H,11H2,1-4H3,(H,22,24). The lowest BCUT2D eigenvalue weighted by Crippen LogP contribution is -2.24. The van der Waals surface area contributed by atoms with Gasteiger partial charge in [-0.3, -0.25) is 4.79 Å². The average molecular weight is 488 g/mol. The molecule has 0 fully saturated rings. The van der Waals surface area contributed by atoms with E-state index in [2.05, 4.69) is 5.32 Å². The molecule has 0 aliphatic carbocycles. The number of amides is 1. The fourth-order valence-corrected chi connectivity index (χ4v) is 4.40. The lowest BCUT2D eigenvalue weighted by molar-refractivity contribution is -0.119. The third-order valence-electron chi connectivity index (χ3n) is 4.30. The fourth-order valence-electron chi connectivity index (χ4n) is 2.50. The van der Waals surface area contributed by atoms with E-state index >= 15 is 0 Å². The molecule has 0 radical (unpaired) electrons. The van der Waals surface area contributed by atoms with Gasteiger partial charge in [-0.1, -0.05) is 6.07 Å². The van der Waals surface area contributed by atoms with Crippen LogP contribution in [0.3, 0.4) is 0 Å². The van der Waals surface area contributed by atoms with Gasteiger partial charge >= 0.3 is 5.97 Å². The van der Waals surface area contributed by atoms with Crippen molar-refractivity contribution in [1.29, 1.82) is 0 Å². The van der Waals surface area contributed by atoms with Crippen LogP contribution in [-0.2, 0) is 29.6 Å². The summed E-state index contributed by atoms with van der Waals surface area (Å²) in [5.74, 6) is -3.08. The van der Waals surface area contributed by atoms with Gasteiger partial charge in [0.2, 0.25) is 20.0 Å². The maximum Gasteiger partial charge on any atom is 0.341 e. The van der Waals surface area contributed by atoms with Crippen LogP contribution < -0.4 is 10.0 Å². The van der Waals surface area contributed by atoms with Gasteiger partial charge in [0.1, 0.15) is 5.82 Å². The molecule has 32 heavy (non-hydrogen) atoms. The van der Waals surface area contributed by atoms with Gasteiger partial charge in [0.25, 0.3) is 5.91 Å². The highest BCUT2D eigenvalue weighted by atomic mass is 32.2. The second kappa shape index (κ2) is 9.73. The van der Waals surface area contributed by atoms with Crippen LogP contribution in [0.2, 0.25) is 0 Å². The molecule has 2 aromatic rings. The van der Waals surface area contributed by atoms with Crippen LogP contribution >= 0.6 is 0 Å². The first-order valence-corrected chi connectivity index (χ1v) is 11.9. The quantitative estimate of drug-likeness (QED) is 0.531. The summed E-state index contributed by atoms with van der Waals surface area (Å²) in [6, 6.07) is 6.79. The van der Waals surface area contributed by atoms with E-state index in [0.29, 0.717) is 5.56 Å². The van der Waals surface area contributed by atoms with Crippen LogP contribution in [0.15, 0.2) is 46.2 Å². The van der Waals surface area contributed by atoms with Crippen LogP contribution in [-0.4, -0.2) is 60.8 Å². The van der Waals surface area contributed by atoms with E-state index in [-0.39, 0.29) is 15.5 Å². The summed E-state index contributed by atoms with van der Waals surface area (Å²) >= 11 is 0. The molecule has 0 bridgehead atoms. The second-order valence-electron chi connectivity index (χ2n) is 6.74. The number of halogens is 1. The minimum absolute atomic E-state index is 0.0121. The van der Waals surface area contributed by atoms with E-state index in [1.165, 1.54) is 32.3 Å². The summed E-state index contributed by atoms with van der Waals surface area (Å²) in [4.78, 5) is 23.9. The van der Waals surface area contributed by atoms with Crippen molar-refractivity contribution in [3.05, 3.63) is 53.3 Å². The molecule has 2 aromatic carbocycles. The molecule has 0 spiro atoms. The molecule has 0 aliphatic heterocycles. The largest absolute Gasteiger partial charge is 0.452 e. The molecule has 2 rings (SSSR count). The highest BCUT2D eigenvalue weighted by Crippen LogP contribution is 2.22. The topological polar surface area (TPSA) is 139 Å². The zero-order valence-electron chi connectivity index (χ0n) is 17.7. The molecular formula is C19H22FN3O7S2. The van der Waals surface area contributed by atoms with Crippen LogP contribution in [0.25, 0.3) is 0 Å².